The first-order chi connectivity index (χ1) is 12.3. The van der Waals surface area contributed by atoms with Crippen molar-refractivity contribution in [2.24, 2.45) is 0 Å². The molecule has 126 valence electrons. The van der Waals surface area contributed by atoms with Crippen LogP contribution in [0.25, 0.3) is 5.52 Å². The maximum Gasteiger partial charge on any atom is 0.289 e. The normalized spacial score (nSPS) is 15.4. The Morgan fingerprint density at radius 3 is 2.72 bits per heavy atom. The van der Waals surface area contributed by atoms with Gasteiger partial charge in [0.15, 0.2) is 5.76 Å². The summed E-state index contributed by atoms with van der Waals surface area (Å²) < 4.78 is 7.18. The summed E-state index contributed by atoms with van der Waals surface area (Å²) in [5.41, 5.74) is 2.70. The van der Waals surface area contributed by atoms with Gasteiger partial charge >= 0.3 is 0 Å². The van der Waals surface area contributed by atoms with Crippen LogP contribution in [-0.4, -0.2) is 46.3 Å². The van der Waals surface area contributed by atoms with Gasteiger partial charge in [0.25, 0.3) is 5.91 Å². The predicted molar refractivity (Wildman–Crippen MR) is 92.0 cm³/mol. The van der Waals surface area contributed by atoms with Gasteiger partial charge in [-0.15, -0.1) is 0 Å². The summed E-state index contributed by atoms with van der Waals surface area (Å²) in [7, 11) is 0. The smallest absolute Gasteiger partial charge is 0.289 e. The summed E-state index contributed by atoms with van der Waals surface area (Å²) in [5.74, 6) is 0.330. The second kappa shape index (κ2) is 6.46. The highest BCUT2D eigenvalue weighted by Crippen LogP contribution is 2.20. The van der Waals surface area contributed by atoms with Crippen LogP contribution in [0.5, 0.6) is 0 Å². The highest BCUT2D eigenvalue weighted by Gasteiger charge is 2.24. The number of carbonyl (C=O) groups is 1. The molecule has 1 amide bonds. The Morgan fingerprint density at radius 2 is 2.00 bits per heavy atom. The number of pyridine rings is 1. The molecule has 0 unspecified atom stereocenters. The van der Waals surface area contributed by atoms with E-state index in [9.17, 15) is 10.1 Å². The third-order valence-corrected chi connectivity index (χ3v) is 4.66. The number of piperazine rings is 1. The SMILES string of the molecule is N#Cc1c(CN2CCN(C(=O)c3ccco3)CC2)cn2ccccc12. The number of fused-ring (bicyclic) bond motifs is 1. The van der Waals surface area contributed by atoms with Crippen molar-refractivity contribution < 1.29 is 9.21 Å². The van der Waals surface area contributed by atoms with Gasteiger partial charge in [0.1, 0.15) is 6.07 Å². The van der Waals surface area contributed by atoms with E-state index >= 15 is 0 Å². The van der Waals surface area contributed by atoms with Crippen molar-refractivity contribution in [2.45, 2.75) is 6.54 Å². The number of rotatable bonds is 3. The van der Waals surface area contributed by atoms with Crippen LogP contribution < -0.4 is 0 Å². The molecule has 3 aromatic rings. The van der Waals surface area contributed by atoms with Gasteiger partial charge in [-0.25, -0.2) is 0 Å². The third kappa shape index (κ3) is 2.90. The van der Waals surface area contributed by atoms with Gasteiger partial charge in [-0.2, -0.15) is 5.26 Å². The summed E-state index contributed by atoms with van der Waals surface area (Å²) >= 11 is 0. The largest absolute Gasteiger partial charge is 0.459 e. The molecule has 0 radical (unpaired) electrons. The summed E-state index contributed by atoms with van der Waals surface area (Å²) in [6.07, 6.45) is 5.50. The molecule has 0 atom stereocenters. The first-order valence-electron chi connectivity index (χ1n) is 8.30. The van der Waals surface area contributed by atoms with Crippen LogP contribution in [0, 0.1) is 11.3 Å². The maximum atomic E-state index is 12.3. The van der Waals surface area contributed by atoms with Crippen LogP contribution in [-0.2, 0) is 6.54 Å². The quantitative estimate of drug-likeness (QED) is 0.737. The van der Waals surface area contributed by atoms with Gasteiger partial charge in [-0.3, -0.25) is 9.69 Å². The first-order valence-corrected chi connectivity index (χ1v) is 8.30. The molecule has 1 fully saturated rings. The minimum Gasteiger partial charge on any atom is -0.459 e. The van der Waals surface area contributed by atoms with Crippen molar-refractivity contribution in [1.29, 1.82) is 5.26 Å². The molecule has 6 heteroatoms. The van der Waals surface area contributed by atoms with Gasteiger partial charge in [0, 0.05) is 50.7 Å². The zero-order chi connectivity index (χ0) is 17.2. The molecule has 0 saturated carbocycles. The van der Waals surface area contributed by atoms with Crippen LogP contribution in [0.2, 0.25) is 0 Å². The molecular formula is C19H18N4O2. The minimum absolute atomic E-state index is 0.0584. The predicted octanol–water partition coefficient (Wildman–Crippen LogP) is 2.36. The number of aromatic nitrogens is 1. The summed E-state index contributed by atoms with van der Waals surface area (Å²) in [6.45, 7) is 3.60. The Hall–Kier alpha value is -3.04. The Kier molecular flexibility index (Phi) is 4.00. The summed E-state index contributed by atoms with van der Waals surface area (Å²) in [5, 5.41) is 9.51. The van der Waals surface area contributed by atoms with Crippen molar-refractivity contribution in [3.05, 3.63) is 65.9 Å². The molecule has 3 aromatic heterocycles. The fraction of sp³-hybridized carbons (Fsp3) is 0.263. The van der Waals surface area contributed by atoms with Crippen LogP contribution in [0.4, 0.5) is 0 Å². The molecule has 0 spiro atoms. The Labute approximate surface area is 145 Å². The van der Waals surface area contributed by atoms with E-state index in [0.29, 0.717) is 25.4 Å². The van der Waals surface area contributed by atoms with E-state index in [1.165, 1.54) is 6.26 Å². The van der Waals surface area contributed by atoms with Gasteiger partial charge in [0.2, 0.25) is 0 Å². The monoisotopic (exact) mass is 334 g/mol. The molecule has 6 nitrogen and oxygen atoms in total. The molecular weight excluding hydrogens is 316 g/mol. The Balaban J connectivity index is 1.44. The molecule has 0 aromatic carbocycles. The Morgan fingerprint density at radius 1 is 1.16 bits per heavy atom. The third-order valence-electron chi connectivity index (χ3n) is 4.66. The lowest BCUT2D eigenvalue weighted by Gasteiger charge is -2.34. The lowest BCUT2D eigenvalue weighted by molar-refractivity contribution is 0.0598. The molecule has 1 aliphatic rings. The van der Waals surface area contributed by atoms with Crippen molar-refractivity contribution in [2.75, 3.05) is 26.2 Å². The van der Waals surface area contributed by atoms with E-state index in [-0.39, 0.29) is 5.91 Å². The zero-order valence-corrected chi connectivity index (χ0v) is 13.8. The number of hydrogen-bond donors (Lipinski definition) is 0. The number of hydrogen-bond acceptors (Lipinski definition) is 4. The molecule has 4 heterocycles. The fourth-order valence-corrected chi connectivity index (χ4v) is 3.33. The van der Waals surface area contributed by atoms with Gasteiger partial charge < -0.3 is 13.7 Å². The summed E-state index contributed by atoms with van der Waals surface area (Å²) in [4.78, 5) is 16.4. The van der Waals surface area contributed by atoms with Gasteiger partial charge in [0.05, 0.1) is 17.3 Å². The molecule has 0 N–H and O–H groups in total. The highest BCUT2D eigenvalue weighted by atomic mass is 16.3. The van der Waals surface area contributed by atoms with Crippen molar-refractivity contribution in [3.63, 3.8) is 0 Å². The average Bonchev–Trinajstić information content (AvgIpc) is 3.29. The van der Waals surface area contributed by atoms with Crippen molar-refractivity contribution in [1.82, 2.24) is 14.2 Å². The first kappa shape index (κ1) is 15.5. The Bertz CT molecular complexity index is 928. The van der Waals surface area contributed by atoms with Crippen LogP contribution in [0.1, 0.15) is 21.7 Å². The van der Waals surface area contributed by atoms with E-state index in [1.54, 1.807) is 12.1 Å². The number of carbonyl (C=O) groups excluding carboxylic acids is 1. The van der Waals surface area contributed by atoms with E-state index in [0.717, 1.165) is 29.7 Å². The topological polar surface area (TPSA) is 64.9 Å². The lowest BCUT2D eigenvalue weighted by Crippen LogP contribution is -2.48. The van der Waals surface area contributed by atoms with Crippen LogP contribution in [0.3, 0.4) is 0 Å². The molecule has 25 heavy (non-hydrogen) atoms. The van der Waals surface area contributed by atoms with Gasteiger partial charge in [-0.05, 0) is 24.3 Å². The number of amides is 1. The van der Waals surface area contributed by atoms with E-state index in [2.05, 4.69) is 11.0 Å². The van der Waals surface area contributed by atoms with E-state index in [4.69, 9.17) is 4.42 Å². The van der Waals surface area contributed by atoms with E-state index in [1.807, 2.05) is 39.9 Å². The number of nitriles is 1. The lowest BCUT2D eigenvalue weighted by atomic mass is 10.1. The van der Waals surface area contributed by atoms with Crippen molar-refractivity contribution in [3.8, 4) is 6.07 Å². The second-order valence-electron chi connectivity index (χ2n) is 6.18. The standard InChI is InChI=1S/C19H18N4O2/c20-12-16-15(14-23-6-2-1-4-17(16)23)13-21-7-9-22(10-8-21)19(24)18-5-3-11-25-18/h1-6,11,14H,7-10,13H2. The molecule has 1 aliphatic heterocycles. The maximum absolute atomic E-state index is 12.3. The van der Waals surface area contributed by atoms with Crippen LogP contribution in [0.15, 0.2) is 53.4 Å². The zero-order valence-electron chi connectivity index (χ0n) is 13.8. The van der Waals surface area contributed by atoms with Gasteiger partial charge in [-0.1, -0.05) is 6.07 Å². The average molecular weight is 334 g/mol. The molecule has 0 aliphatic carbocycles. The molecule has 4 rings (SSSR count). The van der Waals surface area contributed by atoms with Crippen molar-refractivity contribution >= 4 is 11.4 Å². The number of nitrogens with zero attached hydrogens (tertiary/aromatic N) is 4. The fourth-order valence-electron chi connectivity index (χ4n) is 3.33. The van der Waals surface area contributed by atoms with E-state index < -0.39 is 0 Å². The summed E-state index contributed by atoms with van der Waals surface area (Å²) in [6, 6.07) is 11.6. The molecule has 1 saturated heterocycles. The van der Waals surface area contributed by atoms with Crippen LogP contribution >= 0.6 is 0 Å². The minimum atomic E-state index is -0.0584. The molecule has 0 bridgehead atoms. The number of furan rings is 1. The highest BCUT2D eigenvalue weighted by molar-refractivity contribution is 5.91. The second-order valence-corrected chi connectivity index (χ2v) is 6.18.